The van der Waals surface area contributed by atoms with Crippen molar-refractivity contribution in [1.29, 1.82) is 0 Å². The second-order valence-electron chi connectivity index (χ2n) is 2.57. The van der Waals surface area contributed by atoms with Crippen molar-refractivity contribution in [1.82, 2.24) is 0 Å². The van der Waals surface area contributed by atoms with E-state index in [0.29, 0.717) is 12.3 Å². The van der Waals surface area contributed by atoms with Gasteiger partial charge in [-0.25, -0.2) is 0 Å². The Labute approximate surface area is 80.1 Å². The summed E-state index contributed by atoms with van der Waals surface area (Å²) >= 11 is 0. The summed E-state index contributed by atoms with van der Waals surface area (Å²) in [5, 5.41) is 8.31. The minimum atomic E-state index is -0.913. The van der Waals surface area contributed by atoms with Gasteiger partial charge in [0.2, 0.25) is 0 Å². The summed E-state index contributed by atoms with van der Waals surface area (Å²) in [7, 11) is 0. The quantitative estimate of drug-likeness (QED) is 0.728. The van der Waals surface area contributed by atoms with Crippen LogP contribution < -0.4 is 5.73 Å². The monoisotopic (exact) mass is 221 g/mol. The molecular formula is C6H13NO2Zr. The van der Waals surface area contributed by atoms with Gasteiger partial charge in [0.25, 0.3) is 0 Å². The molecule has 0 aromatic rings. The molecule has 0 radical (unpaired) electrons. The van der Waals surface area contributed by atoms with Gasteiger partial charge in [-0.15, -0.1) is 0 Å². The molecule has 0 heterocycles. The number of carbonyl (C=O) groups is 1. The third-order valence-corrected chi connectivity index (χ3v) is 1.04. The topological polar surface area (TPSA) is 63.3 Å². The van der Waals surface area contributed by atoms with Crippen molar-refractivity contribution < 1.29 is 36.1 Å². The Hall–Kier alpha value is 0.313. The van der Waals surface area contributed by atoms with E-state index < -0.39 is 12.0 Å². The van der Waals surface area contributed by atoms with Crippen molar-refractivity contribution in [2.24, 2.45) is 11.7 Å². The number of rotatable bonds is 3. The predicted octanol–water partition coefficient (Wildman–Crippen LogP) is 0.442. The number of nitrogens with two attached hydrogens (primary N) is 1. The van der Waals surface area contributed by atoms with Crippen molar-refractivity contribution in [3.63, 3.8) is 0 Å². The summed E-state index contributed by atoms with van der Waals surface area (Å²) in [4.78, 5) is 10.1. The summed E-state index contributed by atoms with van der Waals surface area (Å²) in [5.74, 6) is -0.556. The zero-order chi connectivity index (χ0) is 7.44. The molecule has 0 amide bonds. The number of carboxylic acids is 1. The molecule has 0 aliphatic heterocycles. The van der Waals surface area contributed by atoms with Crippen LogP contribution in [-0.4, -0.2) is 17.1 Å². The van der Waals surface area contributed by atoms with Gasteiger partial charge in [0.05, 0.1) is 0 Å². The van der Waals surface area contributed by atoms with Crippen molar-refractivity contribution in [3.05, 3.63) is 0 Å². The maximum Gasteiger partial charge on any atom is 0.320 e. The Morgan fingerprint density at radius 3 is 2.10 bits per heavy atom. The van der Waals surface area contributed by atoms with Crippen LogP contribution in [0.3, 0.4) is 0 Å². The van der Waals surface area contributed by atoms with E-state index in [1.54, 1.807) is 0 Å². The average Bonchev–Trinajstić information content (AvgIpc) is 1.63. The van der Waals surface area contributed by atoms with E-state index in [4.69, 9.17) is 10.8 Å². The van der Waals surface area contributed by atoms with E-state index in [1.807, 2.05) is 13.8 Å². The van der Waals surface area contributed by atoms with Crippen LogP contribution >= 0.6 is 0 Å². The third kappa shape index (κ3) is 6.43. The van der Waals surface area contributed by atoms with Crippen LogP contribution in [0.5, 0.6) is 0 Å². The third-order valence-electron chi connectivity index (χ3n) is 1.04. The normalized spacial score (nSPS) is 12.4. The summed E-state index contributed by atoms with van der Waals surface area (Å²) < 4.78 is 0. The fourth-order valence-corrected chi connectivity index (χ4v) is 0.609. The SMILES string of the molecule is CC(C)C[C@H](N)C(=O)O.[Zr]. The average molecular weight is 222 g/mol. The molecule has 0 aromatic heterocycles. The van der Waals surface area contributed by atoms with Gasteiger partial charge in [0.1, 0.15) is 6.04 Å². The van der Waals surface area contributed by atoms with Crippen molar-refractivity contribution in [3.8, 4) is 0 Å². The van der Waals surface area contributed by atoms with Gasteiger partial charge in [0.15, 0.2) is 0 Å². The second-order valence-corrected chi connectivity index (χ2v) is 2.57. The van der Waals surface area contributed by atoms with Crippen LogP contribution in [0, 0.1) is 5.92 Å². The maximum atomic E-state index is 10.1. The van der Waals surface area contributed by atoms with Gasteiger partial charge in [-0.05, 0) is 12.3 Å². The van der Waals surface area contributed by atoms with Crippen molar-refractivity contribution in [2.45, 2.75) is 26.3 Å². The van der Waals surface area contributed by atoms with E-state index in [1.165, 1.54) is 0 Å². The number of hydrogen-bond donors (Lipinski definition) is 2. The van der Waals surface area contributed by atoms with Gasteiger partial charge in [0, 0.05) is 26.2 Å². The summed E-state index contributed by atoms with van der Waals surface area (Å²) in [5.41, 5.74) is 5.22. The van der Waals surface area contributed by atoms with Gasteiger partial charge in [-0.1, -0.05) is 13.8 Å². The predicted molar refractivity (Wildman–Crippen MR) is 35.1 cm³/mol. The molecule has 0 bridgehead atoms. The fourth-order valence-electron chi connectivity index (χ4n) is 0.609. The molecule has 1 atom stereocenters. The second kappa shape index (κ2) is 6.05. The molecule has 0 aromatic carbocycles. The minimum absolute atomic E-state index is 0. The van der Waals surface area contributed by atoms with Crippen LogP contribution in [0.25, 0.3) is 0 Å². The van der Waals surface area contributed by atoms with Crippen LogP contribution in [-0.2, 0) is 31.0 Å². The molecular weight excluding hydrogens is 209 g/mol. The molecule has 4 heteroatoms. The smallest absolute Gasteiger partial charge is 0.320 e. The summed E-state index contributed by atoms with van der Waals surface area (Å²) in [6.45, 7) is 3.89. The molecule has 0 aliphatic carbocycles. The first-order valence-electron chi connectivity index (χ1n) is 3.02. The molecule has 0 saturated heterocycles. The first-order valence-corrected chi connectivity index (χ1v) is 3.02. The Morgan fingerprint density at radius 1 is 1.60 bits per heavy atom. The first kappa shape index (κ1) is 12.9. The molecule has 0 unspecified atom stereocenters. The summed E-state index contributed by atoms with van der Waals surface area (Å²) in [6.07, 6.45) is 0.551. The molecule has 0 spiro atoms. The number of hydrogen-bond acceptors (Lipinski definition) is 2. The molecule has 10 heavy (non-hydrogen) atoms. The summed E-state index contributed by atoms with van der Waals surface area (Å²) in [6, 6.07) is -0.690. The van der Waals surface area contributed by atoms with E-state index >= 15 is 0 Å². The van der Waals surface area contributed by atoms with Crippen LogP contribution in [0.1, 0.15) is 20.3 Å². The Bertz CT molecular complexity index is 106. The molecule has 3 nitrogen and oxygen atoms in total. The van der Waals surface area contributed by atoms with Gasteiger partial charge in [-0.2, -0.15) is 0 Å². The molecule has 0 fully saturated rings. The largest absolute Gasteiger partial charge is 0.480 e. The molecule has 0 aliphatic rings. The van der Waals surface area contributed by atoms with Crippen LogP contribution in [0.2, 0.25) is 0 Å². The van der Waals surface area contributed by atoms with Gasteiger partial charge in [-0.3, -0.25) is 4.79 Å². The zero-order valence-electron chi connectivity index (χ0n) is 6.29. The van der Waals surface area contributed by atoms with Crippen LogP contribution in [0.4, 0.5) is 0 Å². The Kier molecular flexibility index (Phi) is 7.83. The van der Waals surface area contributed by atoms with E-state index in [2.05, 4.69) is 0 Å². The molecule has 0 saturated carbocycles. The van der Waals surface area contributed by atoms with E-state index in [0.717, 1.165) is 0 Å². The minimum Gasteiger partial charge on any atom is -0.480 e. The van der Waals surface area contributed by atoms with Gasteiger partial charge < -0.3 is 10.8 Å². The standard InChI is InChI=1S/C6H13NO2.Zr/c1-4(2)3-5(7)6(8)9;/h4-5H,3,7H2,1-2H3,(H,8,9);/t5-;/m0./s1. The van der Waals surface area contributed by atoms with Gasteiger partial charge >= 0.3 is 5.97 Å². The molecule has 0 rings (SSSR count). The van der Waals surface area contributed by atoms with Crippen LogP contribution in [0.15, 0.2) is 0 Å². The van der Waals surface area contributed by atoms with Crippen molar-refractivity contribution >= 4 is 5.97 Å². The molecule has 3 N–H and O–H groups in total. The van der Waals surface area contributed by atoms with E-state index in [9.17, 15) is 4.79 Å². The molecule has 58 valence electrons. The first-order chi connectivity index (χ1) is 4.04. The maximum absolute atomic E-state index is 10.1. The zero-order valence-corrected chi connectivity index (χ0v) is 8.75. The van der Waals surface area contributed by atoms with Crippen molar-refractivity contribution in [2.75, 3.05) is 0 Å². The Balaban J connectivity index is 0. The van der Waals surface area contributed by atoms with E-state index in [-0.39, 0.29) is 26.2 Å². The Morgan fingerprint density at radius 2 is 2.00 bits per heavy atom. The fraction of sp³-hybridized carbons (Fsp3) is 0.833. The number of carboxylic acid groups (broad SMARTS) is 1. The number of aliphatic carboxylic acids is 1.